The van der Waals surface area contributed by atoms with Gasteiger partial charge in [0.25, 0.3) is 0 Å². The molecule has 1 aromatic carbocycles. The first kappa shape index (κ1) is 17.2. The van der Waals surface area contributed by atoms with E-state index in [1.807, 2.05) is 6.92 Å². The summed E-state index contributed by atoms with van der Waals surface area (Å²) in [5.41, 5.74) is 1.44. The predicted octanol–water partition coefficient (Wildman–Crippen LogP) is 2.92. The second kappa shape index (κ2) is 7.09. The largest absolute Gasteiger partial charge is 0.459 e. The van der Waals surface area contributed by atoms with E-state index in [2.05, 4.69) is 11.9 Å². The SMILES string of the molecule is C=CC(=O)N1CCC(C(=O)NCc2oc3ccc(F)cc3c2C)CC1. The van der Waals surface area contributed by atoms with Crippen LogP contribution in [-0.4, -0.2) is 29.8 Å². The van der Waals surface area contributed by atoms with Crippen molar-refractivity contribution < 1.29 is 18.4 Å². The number of amides is 2. The van der Waals surface area contributed by atoms with E-state index in [1.165, 1.54) is 18.2 Å². The quantitative estimate of drug-likeness (QED) is 0.868. The molecule has 0 atom stereocenters. The third-order valence-corrected chi connectivity index (χ3v) is 4.77. The van der Waals surface area contributed by atoms with Crippen LogP contribution in [-0.2, 0) is 16.1 Å². The van der Waals surface area contributed by atoms with Crippen molar-refractivity contribution in [2.45, 2.75) is 26.3 Å². The van der Waals surface area contributed by atoms with Crippen LogP contribution < -0.4 is 5.32 Å². The van der Waals surface area contributed by atoms with E-state index in [9.17, 15) is 14.0 Å². The lowest BCUT2D eigenvalue weighted by molar-refractivity contribution is -0.132. The predicted molar refractivity (Wildman–Crippen MR) is 92.3 cm³/mol. The van der Waals surface area contributed by atoms with E-state index < -0.39 is 0 Å². The number of rotatable bonds is 4. The summed E-state index contributed by atoms with van der Waals surface area (Å²) in [6.07, 6.45) is 2.57. The van der Waals surface area contributed by atoms with Gasteiger partial charge in [-0.25, -0.2) is 4.39 Å². The molecule has 0 saturated carbocycles. The van der Waals surface area contributed by atoms with Crippen LogP contribution in [0.2, 0.25) is 0 Å². The number of carbonyl (C=O) groups is 2. The average Bonchev–Trinajstić information content (AvgIpc) is 2.94. The van der Waals surface area contributed by atoms with Crippen LogP contribution in [0.1, 0.15) is 24.2 Å². The molecule has 1 saturated heterocycles. The standard InChI is InChI=1S/C19H21FN2O3/c1-3-18(23)22-8-6-13(7-9-22)19(24)21-11-17-12(2)15-10-14(20)4-5-16(15)25-17/h3-5,10,13H,1,6-9,11H2,2H3,(H,21,24). The topological polar surface area (TPSA) is 62.6 Å². The van der Waals surface area contributed by atoms with Crippen molar-refractivity contribution >= 4 is 22.8 Å². The third kappa shape index (κ3) is 3.57. The maximum atomic E-state index is 13.4. The summed E-state index contributed by atoms with van der Waals surface area (Å²) in [5.74, 6) is 0.0674. The number of piperidine rings is 1. The molecule has 2 heterocycles. The summed E-state index contributed by atoms with van der Waals surface area (Å²) >= 11 is 0. The molecule has 6 heteroatoms. The number of hydrogen-bond donors (Lipinski definition) is 1. The molecule has 2 aromatic rings. The van der Waals surface area contributed by atoms with Crippen molar-refractivity contribution in [2.75, 3.05) is 13.1 Å². The van der Waals surface area contributed by atoms with Gasteiger partial charge >= 0.3 is 0 Å². The van der Waals surface area contributed by atoms with Crippen LogP contribution in [0.25, 0.3) is 11.0 Å². The number of aryl methyl sites for hydroxylation is 1. The van der Waals surface area contributed by atoms with Crippen molar-refractivity contribution in [3.05, 3.63) is 48.0 Å². The first-order chi connectivity index (χ1) is 12.0. The Labute approximate surface area is 145 Å². The number of nitrogens with zero attached hydrogens (tertiary/aromatic N) is 1. The number of halogens is 1. The lowest BCUT2D eigenvalue weighted by Crippen LogP contribution is -2.42. The first-order valence-electron chi connectivity index (χ1n) is 8.36. The van der Waals surface area contributed by atoms with Crippen LogP contribution in [0.15, 0.2) is 35.3 Å². The van der Waals surface area contributed by atoms with E-state index in [4.69, 9.17) is 4.42 Å². The summed E-state index contributed by atoms with van der Waals surface area (Å²) in [7, 11) is 0. The van der Waals surface area contributed by atoms with Gasteiger partial charge in [0.1, 0.15) is 17.2 Å². The van der Waals surface area contributed by atoms with Crippen LogP contribution in [0.4, 0.5) is 4.39 Å². The Morgan fingerprint density at radius 1 is 1.40 bits per heavy atom. The summed E-state index contributed by atoms with van der Waals surface area (Å²) in [5, 5.41) is 3.62. The Balaban J connectivity index is 1.59. The molecule has 1 N–H and O–H groups in total. The number of carbonyl (C=O) groups excluding carboxylic acids is 2. The van der Waals surface area contributed by atoms with Crippen LogP contribution in [0.5, 0.6) is 0 Å². The fourth-order valence-corrected chi connectivity index (χ4v) is 3.22. The highest BCUT2D eigenvalue weighted by Crippen LogP contribution is 2.26. The lowest BCUT2D eigenvalue weighted by atomic mass is 9.96. The summed E-state index contributed by atoms with van der Waals surface area (Å²) in [6.45, 7) is 6.73. The van der Waals surface area contributed by atoms with E-state index >= 15 is 0 Å². The summed E-state index contributed by atoms with van der Waals surface area (Å²) in [4.78, 5) is 25.6. The van der Waals surface area contributed by atoms with Crippen molar-refractivity contribution in [2.24, 2.45) is 5.92 Å². The van der Waals surface area contributed by atoms with Crippen molar-refractivity contribution in [3.63, 3.8) is 0 Å². The zero-order chi connectivity index (χ0) is 18.0. The maximum Gasteiger partial charge on any atom is 0.245 e. The van der Waals surface area contributed by atoms with Crippen LogP contribution >= 0.6 is 0 Å². The fourth-order valence-electron chi connectivity index (χ4n) is 3.22. The highest BCUT2D eigenvalue weighted by Gasteiger charge is 2.26. The van der Waals surface area contributed by atoms with Gasteiger partial charge in [0, 0.05) is 30.0 Å². The smallest absolute Gasteiger partial charge is 0.245 e. The zero-order valence-electron chi connectivity index (χ0n) is 14.2. The zero-order valence-corrected chi connectivity index (χ0v) is 14.2. The minimum atomic E-state index is -0.312. The Morgan fingerprint density at radius 3 is 2.80 bits per heavy atom. The molecule has 1 aromatic heterocycles. The Morgan fingerprint density at radius 2 is 2.12 bits per heavy atom. The van der Waals surface area contributed by atoms with Gasteiger partial charge in [-0.2, -0.15) is 0 Å². The molecule has 132 valence electrons. The van der Waals surface area contributed by atoms with Crippen molar-refractivity contribution in [3.8, 4) is 0 Å². The molecule has 0 unspecified atom stereocenters. The first-order valence-corrected chi connectivity index (χ1v) is 8.36. The van der Waals surface area contributed by atoms with E-state index in [1.54, 1.807) is 11.0 Å². The molecule has 3 rings (SSSR count). The van der Waals surface area contributed by atoms with Crippen molar-refractivity contribution in [1.82, 2.24) is 10.2 Å². The molecule has 25 heavy (non-hydrogen) atoms. The minimum Gasteiger partial charge on any atom is -0.459 e. The average molecular weight is 344 g/mol. The van der Waals surface area contributed by atoms with Gasteiger partial charge in [-0.05, 0) is 44.0 Å². The van der Waals surface area contributed by atoms with E-state index in [0.717, 1.165) is 10.9 Å². The molecular formula is C19H21FN2O3. The molecule has 1 aliphatic rings. The highest BCUT2D eigenvalue weighted by molar-refractivity contribution is 5.87. The highest BCUT2D eigenvalue weighted by atomic mass is 19.1. The number of likely N-dealkylation sites (tertiary alicyclic amines) is 1. The number of furan rings is 1. The van der Waals surface area contributed by atoms with E-state index in [0.29, 0.717) is 37.3 Å². The van der Waals surface area contributed by atoms with Gasteiger partial charge in [0.2, 0.25) is 11.8 Å². The van der Waals surface area contributed by atoms with Gasteiger partial charge < -0.3 is 14.6 Å². The van der Waals surface area contributed by atoms with Crippen LogP contribution in [0, 0.1) is 18.7 Å². The van der Waals surface area contributed by atoms with Gasteiger partial charge in [-0.3, -0.25) is 9.59 Å². The van der Waals surface area contributed by atoms with Gasteiger partial charge in [-0.15, -0.1) is 0 Å². The third-order valence-electron chi connectivity index (χ3n) is 4.77. The molecule has 2 amide bonds. The van der Waals surface area contributed by atoms with Crippen molar-refractivity contribution in [1.29, 1.82) is 0 Å². The number of fused-ring (bicyclic) bond motifs is 1. The number of benzene rings is 1. The molecule has 1 fully saturated rings. The monoisotopic (exact) mass is 344 g/mol. The minimum absolute atomic E-state index is 0.0447. The van der Waals surface area contributed by atoms with Gasteiger partial charge in [0.15, 0.2) is 0 Å². The molecule has 0 spiro atoms. The maximum absolute atomic E-state index is 13.4. The molecule has 0 aliphatic carbocycles. The number of hydrogen-bond acceptors (Lipinski definition) is 3. The van der Waals surface area contributed by atoms with Gasteiger partial charge in [-0.1, -0.05) is 6.58 Å². The Hall–Kier alpha value is -2.63. The lowest BCUT2D eigenvalue weighted by Gasteiger charge is -2.30. The summed E-state index contributed by atoms with van der Waals surface area (Å²) in [6, 6.07) is 4.38. The molecule has 0 radical (unpaired) electrons. The number of nitrogens with one attached hydrogen (secondary N) is 1. The molecule has 1 aliphatic heterocycles. The Kier molecular flexibility index (Phi) is 4.88. The van der Waals surface area contributed by atoms with Crippen LogP contribution in [0.3, 0.4) is 0 Å². The summed E-state index contributed by atoms with van der Waals surface area (Å²) < 4.78 is 19.1. The molecule has 5 nitrogen and oxygen atoms in total. The van der Waals surface area contributed by atoms with E-state index in [-0.39, 0.29) is 30.1 Å². The second-order valence-corrected chi connectivity index (χ2v) is 6.31. The Bertz CT molecular complexity index is 819. The second-order valence-electron chi connectivity index (χ2n) is 6.31. The van der Waals surface area contributed by atoms with Gasteiger partial charge in [0.05, 0.1) is 6.54 Å². The molecular weight excluding hydrogens is 323 g/mol. The normalized spacial score (nSPS) is 15.4. The molecule has 0 bridgehead atoms. The fraction of sp³-hybridized carbons (Fsp3) is 0.368.